The number of hydrogen-bond donors (Lipinski definition) is 2. The van der Waals surface area contributed by atoms with Crippen LogP contribution in [0.25, 0.3) is 11.1 Å². The summed E-state index contributed by atoms with van der Waals surface area (Å²) in [5.41, 5.74) is 2.86. The van der Waals surface area contributed by atoms with Crippen molar-refractivity contribution in [2.45, 2.75) is 12.3 Å². The number of anilines is 1. The van der Waals surface area contributed by atoms with Crippen molar-refractivity contribution in [1.82, 2.24) is 0 Å². The van der Waals surface area contributed by atoms with Gasteiger partial charge in [0.15, 0.2) is 0 Å². The first-order valence-electron chi connectivity index (χ1n) is 7.58. The van der Waals surface area contributed by atoms with Crippen molar-refractivity contribution in [3.05, 3.63) is 70.2 Å². The van der Waals surface area contributed by atoms with E-state index in [0.29, 0.717) is 23.2 Å². The van der Waals surface area contributed by atoms with E-state index in [2.05, 4.69) is 5.32 Å². The molecule has 0 unspecified atom stereocenters. The van der Waals surface area contributed by atoms with Crippen LogP contribution < -0.4 is 5.32 Å². The molecule has 1 atom stereocenters. The molecule has 24 heavy (non-hydrogen) atoms. The van der Waals surface area contributed by atoms with Gasteiger partial charge in [-0.25, -0.2) is 4.39 Å². The Balaban J connectivity index is 1.83. The normalized spacial score (nSPS) is 16.5. The maximum atomic E-state index is 14.1. The Morgan fingerprint density at radius 2 is 1.83 bits per heavy atom. The first kappa shape index (κ1) is 14.9. The van der Waals surface area contributed by atoms with Gasteiger partial charge in [-0.2, -0.15) is 0 Å². The summed E-state index contributed by atoms with van der Waals surface area (Å²) in [6, 6.07) is 13.4. The zero-order valence-corrected chi connectivity index (χ0v) is 13.4. The molecule has 2 N–H and O–H groups in total. The van der Waals surface area contributed by atoms with Crippen LogP contribution in [-0.4, -0.2) is 11.0 Å². The van der Waals surface area contributed by atoms with E-state index in [9.17, 15) is 14.3 Å². The summed E-state index contributed by atoms with van der Waals surface area (Å²) >= 11 is 1.52. The fourth-order valence-electron chi connectivity index (χ4n) is 3.08. The summed E-state index contributed by atoms with van der Waals surface area (Å²) in [6.45, 7) is 0. The Bertz CT molecular complexity index is 917. The van der Waals surface area contributed by atoms with Crippen molar-refractivity contribution in [3.8, 4) is 16.9 Å². The summed E-state index contributed by atoms with van der Waals surface area (Å²) in [4.78, 5) is 13.2. The number of halogens is 1. The number of thiophene rings is 1. The highest BCUT2D eigenvalue weighted by Gasteiger charge is 2.30. The minimum atomic E-state index is -0.306. The van der Waals surface area contributed by atoms with Gasteiger partial charge in [-0.1, -0.05) is 30.3 Å². The maximum Gasteiger partial charge on any atom is 0.225 e. The van der Waals surface area contributed by atoms with Gasteiger partial charge in [0.05, 0.1) is 5.69 Å². The van der Waals surface area contributed by atoms with Crippen LogP contribution in [0.15, 0.2) is 53.9 Å². The third-order valence-electron chi connectivity index (χ3n) is 4.25. The molecule has 0 radical (unpaired) electrons. The molecular formula is C19H14FNO2S. The first-order chi connectivity index (χ1) is 11.6. The van der Waals surface area contributed by atoms with Crippen LogP contribution in [0.5, 0.6) is 5.75 Å². The van der Waals surface area contributed by atoms with E-state index < -0.39 is 0 Å². The van der Waals surface area contributed by atoms with Crippen LogP contribution in [0.1, 0.15) is 22.8 Å². The third kappa shape index (κ3) is 2.47. The SMILES string of the molecule is O=C1C[C@H](c2ccc(O)cc2)c2scc(-c3ccccc3F)c2N1. The molecule has 3 nitrogen and oxygen atoms in total. The summed E-state index contributed by atoms with van der Waals surface area (Å²) in [5.74, 6) is -0.284. The number of benzene rings is 2. The minimum Gasteiger partial charge on any atom is -0.508 e. The van der Waals surface area contributed by atoms with Gasteiger partial charge in [0, 0.05) is 33.7 Å². The van der Waals surface area contributed by atoms with Crippen molar-refractivity contribution < 1.29 is 14.3 Å². The van der Waals surface area contributed by atoms with Crippen LogP contribution in [0, 0.1) is 5.82 Å². The van der Waals surface area contributed by atoms with E-state index in [4.69, 9.17) is 0 Å². The molecule has 1 amide bonds. The Kier molecular flexibility index (Phi) is 3.58. The summed E-state index contributed by atoms with van der Waals surface area (Å²) in [5, 5.41) is 14.3. The highest BCUT2D eigenvalue weighted by molar-refractivity contribution is 7.11. The topological polar surface area (TPSA) is 49.3 Å². The van der Waals surface area contributed by atoms with Gasteiger partial charge in [-0.15, -0.1) is 11.3 Å². The molecule has 3 aromatic rings. The molecule has 120 valence electrons. The van der Waals surface area contributed by atoms with Crippen LogP contribution in [0.4, 0.5) is 10.1 Å². The number of rotatable bonds is 2. The van der Waals surface area contributed by atoms with E-state index in [0.717, 1.165) is 10.4 Å². The molecule has 5 heteroatoms. The van der Waals surface area contributed by atoms with E-state index in [1.807, 2.05) is 17.5 Å². The molecule has 0 aliphatic carbocycles. The largest absolute Gasteiger partial charge is 0.508 e. The Morgan fingerprint density at radius 1 is 1.08 bits per heavy atom. The first-order valence-corrected chi connectivity index (χ1v) is 8.46. The molecule has 4 rings (SSSR count). The average molecular weight is 339 g/mol. The highest BCUT2D eigenvalue weighted by Crippen LogP contribution is 2.47. The van der Waals surface area contributed by atoms with Gasteiger partial charge in [-0.05, 0) is 23.8 Å². The lowest BCUT2D eigenvalue weighted by Crippen LogP contribution is -2.22. The lowest BCUT2D eigenvalue weighted by Gasteiger charge is -2.24. The van der Waals surface area contributed by atoms with Crippen molar-refractivity contribution in [2.75, 3.05) is 5.32 Å². The predicted octanol–water partition coefficient (Wildman–Crippen LogP) is 4.73. The smallest absolute Gasteiger partial charge is 0.225 e. The number of hydrogen-bond acceptors (Lipinski definition) is 3. The molecule has 0 fully saturated rings. The van der Waals surface area contributed by atoms with Crippen molar-refractivity contribution >= 4 is 22.9 Å². The van der Waals surface area contributed by atoms with Crippen LogP contribution >= 0.6 is 11.3 Å². The number of carbonyl (C=O) groups excluding carboxylic acids is 1. The van der Waals surface area contributed by atoms with E-state index in [-0.39, 0.29) is 23.4 Å². The Hall–Kier alpha value is -2.66. The highest BCUT2D eigenvalue weighted by atomic mass is 32.1. The van der Waals surface area contributed by atoms with Gasteiger partial charge in [0.25, 0.3) is 0 Å². The fraction of sp³-hybridized carbons (Fsp3) is 0.105. The summed E-state index contributed by atoms with van der Waals surface area (Å²) in [7, 11) is 0. The lowest BCUT2D eigenvalue weighted by molar-refractivity contribution is -0.116. The second-order valence-corrected chi connectivity index (χ2v) is 6.68. The van der Waals surface area contributed by atoms with Gasteiger partial charge < -0.3 is 10.4 Å². The van der Waals surface area contributed by atoms with Gasteiger partial charge in [0.1, 0.15) is 11.6 Å². The number of phenols is 1. The monoisotopic (exact) mass is 339 g/mol. The number of nitrogens with one attached hydrogen (secondary N) is 1. The molecule has 1 aromatic heterocycles. The summed E-state index contributed by atoms with van der Waals surface area (Å²) in [6.07, 6.45) is 0.342. The van der Waals surface area contributed by atoms with Crippen LogP contribution in [-0.2, 0) is 4.79 Å². The Labute approximate surface area is 142 Å². The van der Waals surface area contributed by atoms with Crippen molar-refractivity contribution in [3.63, 3.8) is 0 Å². The van der Waals surface area contributed by atoms with E-state index in [1.54, 1.807) is 30.3 Å². The molecule has 0 saturated carbocycles. The molecule has 0 spiro atoms. The fourth-order valence-corrected chi connectivity index (χ4v) is 4.23. The van der Waals surface area contributed by atoms with Crippen LogP contribution in [0.2, 0.25) is 0 Å². The molecule has 1 aliphatic rings. The minimum absolute atomic E-state index is 0.0835. The molecule has 0 bridgehead atoms. The van der Waals surface area contributed by atoms with Gasteiger partial charge >= 0.3 is 0 Å². The number of phenolic OH excluding ortho intramolecular Hbond substituents is 1. The molecule has 1 aliphatic heterocycles. The van der Waals surface area contributed by atoms with E-state index in [1.165, 1.54) is 17.4 Å². The number of aromatic hydroxyl groups is 1. The number of carbonyl (C=O) groups is 1. The molecule has 2 aromatic carbocycles. The van der Waals surface area contributed by atoms with Gasteiger partial charge in [0.2, 0.25) is 5.91 Å². The maximum absolute atomic E-state index is 14.1. The van der Waals surface area contributed by atoms with Crippen molar-refractivity contribution in [1.29, 1.82) is 0 Å². The zero-order chi connectivity index (χ0) is 16.7. The second kappa shape index (κ2) is 5.76. The molecule has 2 heterocycles. The number of amides is 1. The molecule has 0 saturated heterocycles. The average Bonchev–Trinajstić information content (AvgIpc) is 2.99. The van der Waals surface area contributed by atoms with Crippen LogP contribution in [0.3, 0.4) is 0 Å². The quantitative estimate of drug-likeness (QED) is 0.709. The predicted molar refractivity (Wildman–Crippen MR) is 92.9 cm³/mol. The standard InChI is InChI=1S/C19H14FNO2S/c20-16-4-2-1-3-13(16)15-10-24-19-14(9-17(23)21-18(15)19)11-5-7-12(22)8-6-11/h1-8,10,14,22H,9H2,(H,21,23)/t14-/m1/s1. The lowest BCUT2D eigenvalue weighted by atomic mass is 9.89. The molecular weight excluding hydrogens is 325 g/mol. The third-order valence-corrected chi connectivity index (χ3v) is 5.35. The summed E-state index contributed by atoms with van der Waals surface area (Å²) < 4.78 is 14.1. The zero-order valence-electron chi connectivity index (χ0n) is 12.6. The Morgan fingerprint density at radius 3 is 2.58 bits per heavy atom. The second-order valence-electron chi connectivity index (χ2n) is 5.76. The van der Waals surface area contributed by atoms with Crippen molar-refractivity contribution in [2.24, 2.45) is 0 Å². The van der Waals surface area contributed by atoms with Gasteiger partial charge in [-0.3, -0.25) is 4.79 Å². The number of fused-ring (bicyclic) bond motifs is 1. The van der Waals surface area contributed by atoms with E-state index >= 15 is 0 Å².